The second kappa shape index (κ2) is 9.78. The van der Waals surface area contributed by atoms with Crippen molar-refractivity contribution in [3.8, 4) is 11.5 Å². The van der Waals surface area contributed by atoms with E-state index in [4.69, 9.17) is 14.0 Å². The number of benzene rings is 2. The molecule has 1 heterocycles. The van der Waals surface area contributed by atoms with Crippen molar-refractivity contribution in [2.75, 3.05) is 6.61 Å². The summed E-state index contributed by atoms with van der Waals surface area (Å²) in [6, 6.07) is 14.8. The molecule has 0 unspecified atom stereocenters. The number of nitrogens with one attached hydrogen (secondary N) is 1. The predicted molar refractivity (Wildman–Crippen MR) is 110 cm³/mol. The summed E-state index contributed by atoms with van der Waals surface area (Å²) in [5, 5.41) is 6.84. The third-order valence-electron chi connectivity index (χ3n) is 4.53. The van der Waals surface area contributed by atoms with Gasteiger partial charge < -0.3 is 19.3 Å². The Labute approximate surface area is 170 Å². The minimum absolute atomic E-state index is 0.131. The molecule has 0 aliphatic carbocycles. The highest BCUT2D eigenvalue weighted by Gasteiger charge is 2.10. The van der Waals surface area contributed by atoms with Gasteiger partial charge in [0.1, 0.15) is 23.9 Å². The quantitative estimate of drug-likeness (QED) is 0.575. The van der Waals surface area contributed by atoms with Crippen molar-refractivity contribution in [2.45, 2.75) is 40.3 Å². The van der Waals surface area contributed by atoms with Crippen LogP contribution in [0, 0.1) is 13.8 Å². The summed E-state index contributed by atoms with van der Waals surface area (Å²) in [6.45, 7) is 7.35. The van der Waals surface area contributed by atoms with E-state index in [1.807, 2.05) is 38.1 Å². The number of hydrogen-bond acceptors (Lipinski definition) is 5. The summed E-state index contributed by atoms with van der Waals surface area (Å²) in [5.74, 6) is 2.15. The molecule has 29 heavy (non-hydrogen) atoms. The van der Waals surface area contributed by atoms with E-state index in [1.165, 1.54) is 0 Å². The molecule has 1 amide bonds. The average Bonchev–Trinajstić information content (AvgIpc) is 3.07. The van der Waals surface area contributed by atoms with E-state index >= 15 is 0 Å². The van der Waals surface area contributed by atoms with Crippen LogP contribution in [0.1, 0.15) is 46.3 Å². The predicted octanol–water partition coefficient (Wildman–Crippen LogP) is 4.59. The number of carbonyl (C=O) groups is 1. The van der Waals surface area contributed by atoms with Gasteiger partial charge in [0.05, 0.1) is 17.9 Å². The zero-order chi connectivity index (χ0) is 20.6. The topological polar surface area (TPSA) is 73.6 Å². The third-order valence-corrected chi connectivity index (χ3v) is 4.53. The van der Waals surface area contributed by atoms with Gasteiger partial charge in [0.15, 0.2) is 0 Å². The van der Waals surface area contributed by atoms with E-state index in [1.54, 1.807) is 24.3 Å². The summed E-state index contributed by atoms with van der Waals surface area (Å²) in [4.78, 5) is 12.4. The van der Waals surface area contributed by atoms with E-state index in [-0.39, 0.29) is 5.91 Å². The first-order valence-electron chi connectivity index (χ1n) is 9.71. The van der Waals surface area contributed by atoms with Gasteiger partial charge in [-0.05, 0) is 62.2 Å². The third kappa shape index (κ3) is 5.60. The van der Waals surface area contributed by atoms with Crippen molar-refractivity contribution in [3.63, 3.8) is 0 Å². The van der Waals surface area contributed by atoms with Gasteiger partial charge in [-0.1, -0.05) is 24.2 Å². The first-order valence-corrected chi connectivity index (χ1v) is 9.71. The largest absolute Gasteiger partial charge is 0.494 e. The van der Waals surface area contributed by atoms with Gasteiger partial charge in [-0.25, -0.2) is 0 Å². The minimum Gasteiger partial charge on any atom is -0.494 e. The van der Waals surface area contributed by atoms with Crippen molar-refractivity contribution >= 4 is 5.91 Å². The average molecular weight is 394 g/mol. The highest BCUT2D eigenvalue weighted by molar-refractivity contribution is 5.94. The Bertz CT molecular complexity index is 911. The molecule has 152 valence electrons. The molecule has 3 aromatic rings. The summed E-state index contributed by atoms with van der Waals surface area (Å²) >= 11 is 0. The molecule has 1 N–H and O–H groups in total. The smallest absolute Gasteiger partial charge is 0.251 e. The Hall–Kier alpha value is -3.28. The zero-order valence-corrected chi connectivity index (χ0v) is 17.0. The van der Waals surface area contributed by atoms with Crippen molar-refractivity contribution in [2.24, 2.45) is 0 Å². The maximum Gasteiger partial charge on any atom is 0.251 e. The number of aromatic nitrogens is 1. The minimum atomic E-state index is -0.131. The second-order valence-corrected chi connectivity index (χ2v) is 6.79. The Kier molecular flexibility index (Phi) is 6.89. The molecule has 0 aliphatic rings. The Morgan fingerprint density at radius 3 is 2.28 bits per heavy atom. The van der Waals surface area contributed by atoms with Crippen LogP contribution in [0.15, 0.2) is 53.1 Å². The number of amides is 1. The van der Waals surface area contributed by atoms with Crippen LogP contribution < -0.4 is 14.8 Å². The fourth-order valence-electron chi connectivity index (χ4n) is 2.77. The molecule has 0 bridgehead atoms. The highest BCUT2D eigenvalue weighted by Crippen LogP contribution is 2.18. The van der Waals surface area contributed by atoms with Gasteiger partial charge in [-0.2, -0.15) is 0 Å². The van der Waals surface area contributed by atoms with Gasteiger partial charge in [-0.3, -0.25) is 4.79 Å². The lowest BCUT2D eigenvalue weighted by atomic mass is 10.2. The molecule has 0 radical (unpaired) electrons. The summed E-state index contributed by atoms with van der Waals surface area (Å²) in [7, 11) is 0. The van der Waals surface area contributed by atoms with Gasteiger partial charge in [0, 0.05) is 12.1 Å². The summed E-state index contributed by atoms with van der Waals surface area (Å²) < 4.78 is 16.5. The maximum atomic E-state index is 12.4. The van der Waals surface area contributed by atoms with E-state index in [2.05, 4.69) is 17.4 Å². The van der Waals surface area contributed by atoms with Crippen LogP contribution in [0.5, 0.6) is 11.5 Å². The lowest BCUT2D eigenvalue weighted by molar-refractivity contribution is 0.0951. The summed E-state index contributed by atoms with van der Waals surface area (Å²) in [6.07, 6.45) is 0.974. The maximum absolute atomic E-state index is 12.4. The van der Waals surface area contributed by atoms with Crippen molar-refractivity contribution in [1.82, 2.24) is 10.5 Å². The molecule has 0 saturated heterocycles. The summed E-state index contributed by atoms with van der Waals surface area (Å²) in [5.41, 5.74) is 3.36. The first-order chi connectivity index (χ1) is 14.1. The van der Waals surface area contributed by atoms with Gasteiger partial charge in [0.2, 0.25) is 0 Å². The number of aryl methyl sites for hydroxylation is 2. The lowest BCUT2D eigenvalue weighted by Gasteiger charge is -2.09. The molecule has 0 fully saturated rings. The fourth-order valence-corrected chi connectivity index (χ4v) is 2.77. The van der Waals surface area contributed by atoms with Crippen LogP contribution in [0.25, 0.3) is 0 Å². The standard InChI is InChI=1S/C23H26N2O4/c1-4-13-27-20-9-5-18(6-10-20)14-24-23(26)19-7-11-21(12-8-19)28-15-22-16(2)25-29-17(22)3/h5-12H,4,13-15H2,1-3H3,(H,24,26). The lowest BCUT2D eigenvalue weighted by Crippen LogP contribution is -2.22. The molecular weight excluding hydrogens is 368 g/mol. The number of ether oxygens (including phenoxy) is 2. The number of rotatable bonds is 9. The molecule has 1 aromatic heterocycles. The molecule has 0 aliphatic heterocycles. The van der Waals surface area contributed by atoms with E-state index < -0.39 is 0 Å². The van der Waals surface area contributed by atoms with E-state index in [0.29, 0.717) is 31.1 Å². The van der Waals surface area contributed by atoms with Crippen LogP contribution in [-0.2, 0) is 13.2 Å². The molecule has 0 saturated carbocycles. The Balaban J connectivity index is 1.49. The van der Waals surface area contributed by atoms with Crippen molar-refractivity contribution in [1.29, 1.82) is 0 Å². The zero-order valence-electron chi connectivity index (χ0n) is 17.0. The highest BCUT2D eigenvalue weighted by atomic mass is 16.5. The van der Waals surface area contributed by atoms with Crippen LogP contribution in [0.4, 0.5) is 0 Å². The second-order valence-electron chi connectivity index (χ2n) is 6.79. The van der Waals surface area contributed by atoms with Crippen LogP contribution in [0.3, 0.4) is 0 Å². The first kappa shape index (κ1) is 20.5. The van der Waals surface area contributed by atoms with Crippen molar-refractivity contribution in [3.05, 3.63) is 76.7 Å². The number of hydrogen-bond donors (Lipinski definition) is 1. The van der Waals surface area contributed by atoms with E-state index in [9.17, 15) is 4.79 Å². The molecular formula is C23H26N2O4. The molecule has 3 rings (SSSR count). The van der Waals surface area contributed by atoms with Crippen LogP contribution in [0.2, 0.25) is 0 Å². The van der Waals surface area contributed by atoms with Crippen LogP contribution in [-0.4, -0.2) is 17.7 Å². The van der Waals surface area contributed by atoms with Crippen LogP contribution >= 0.6 is 0 Å². The fraction of sp³-hybridized carbons (Fsp3) is 0.304. The monoisotopic (exact) mass is 394 g/mol. The number of carbonyl (C=O) groups excluding carboxylic acids is 1. The molecule has 6 heteroatoms. The van der Waals surface area contributed by atoms with Crippen molar-refractivity contribution < 1.29 is 18.8 Å². The van der Waals surface area contributed by atoms with Gasteiger partial charge >= 0.3 is 0 Å². The normalized spacial score (nSPS) is 10.6. The molecule has 0 spiro atoms. The Morgan fingerprint density at radius 1 is 1.00 bits per heavy atom. The number of nitrogens with zero attached hydrogens (tertiary/aromatic N) is 1. The van der Waals surface area contributed by atoms with Gasteiger partial charge in [0.25, 0.3) is 5.91 Å². The van der Waals surface area contributed by atoms with Gasteiger partial charge in [-0.15, -0.1) is 0 Å². The van der Waals surface area contributed by atoms with E-state index in [0.717, 1.165) is 34.8 Å². The molecule has 6 nitrogen and oxygen atoms in total. The molecule has 0 atom stereocenters. The SMILES string of the molecule is CCCOc1ccc(CNC(=O)c2ccc(OCc3c(C)noc3C)cc2)cc1. The Morgan fingerprint density at radius 2 is 1.66 bits per heavy atom. The molecule has 2 aromatic carbocycles.